The third-order valence-corrected chi connectivity index (χ3v) is 5.60. The van der Waals surface area contributed by atoms with E-state index in [1.807, 2.05) is 27.0 Å². The van der Waals surface area contributed by atoms with Crippen LogP contribution in [0.2, 0.25) is 0 Å². The number of nitrogens with zero attached hydrogens (tertiary/aromatic N) is 2. The molecule has 0 aliphatic carbocycles. The SMILES string of the molecule is Cc1nn(C)c2sc(C(=O)NC(C)C(=O)NC(C)(CN)CC(C)C)cc12.Cl. The van der Waals surface area contributed by atoms with E-state index in [-0.39, 0.29) is 24.2 Å². The molecule has 152 valence electrons. The Labute approximate surface area is 170 Å². The molecule has 2 heterocycles. The molecule has 0 aliphatic heterocycles. The lowest BCUT2D eigenvalue weighted by atomic mass is 9.90. The van der Waals surface area contributed by atoms with Gasteiger partial charge in [0, 0.05) is 24.5 Å². The number of hydrogen-bond acceptors (Lipinski definition) is 5. The maximum Gasteiger partial charge on any atom is 0.262 e. The van der Waals surface area contributed by atoms with Gasteiger partial charge in [-0.15, -0.1) is 23.7 Å². The predicted molar refractivity (Wildman–Crippen MR) is 113 cm³/mol. The molecule has 2 unspecified atom stereocenters. The van der Waals surface area contributed by atoms with E-state index in [9.17, 15) is 9.59 Å². The van der Waals surface area contributed by atoms with Gasteiger partial charge in [-0.3, -0.25) is 14.3 Å². The normalized spacial score (nSPS) is 14.5. The first kappa shape index (κ1) is 23.4. The Kier molecular flexibility index (Phi) is 7.83. The molecule has 0 spiro atoms. The Morgan fingerprint density at radius 3 is 2.52 bits per heavy atom. The summed E-state index contributed by atoms with van der Waals surface area (Å²) in [5.41, 5.74) is 6.25. The maximum atomic E-state index is 12.5. The molecule has 0 fully saturated rings. The third-order valence-electron chi connectivity index (χ3n) is 4.40. The number of nitrogens with two attached hydrogens (primary N) is 1. The highest BCUT2D eigenvalue weighted by atomic mass is 35.5. The molecular formula is C18H30ClN5O2S. The number of halogens is 1. The molecule has 2 aromatic rings. The summed E-state index contributed by atoms with van der Waals surface area (Å²) in [7, 11) is 1.85. The first-order valence-electron chi connectivity index (χ1n) is 8.82. The quantitative estimate of drug-likeness (QED) is 0.645. The second kappa shape index (κ2) is 9.03. The van der Waals surface area contributed by atoms with E-state index >= 15 is 0 Å². The lowest BCUT2D eigenvalue weighted by molar-refractivity contribution is -0.124. The number of nitrogens with one attached hydrogen (secondary N) is 2. The van der Waals surface area contributed by atoms with Crippen LogP contribution in [0.4, 0.5) is 0 Å². The largest absolute Gasteiger partial charge is 0.348 e. The fraction of sp³-hybridized carbons (Fsp3) is 0.611. The molecule has 0 bridgehead atoms. The number of aromatic nitrogens is 2. The van der Waals surface area contributed by atoms with Gasteiger partial charge >= 0.3 is 0 Å². The average molecular weight is 416 g/mol. The van der Waals surface area contributed by atoms with Crippen LogP contribution in [0.25, 0.3) is 10.2 Å². The highest BCUT2D eigenvalue weighted by Gasteiger charge is 2.28. The van der Waals surface area contributed by atoms with Gasteiger partial charge in [-0.25, -0.2) is 0 Å². The fourth-order valence-corrected chi connectivity index (χ4v) is 4.17. The van der Waals surface area contributed by atoms with Gasteiger partial charge in [0.15, 0.2) is 0 Å². The third kappa shape index (κ3) is 5.43. The van der Waals surface area contributed by atoms with Gasteiger partial charge in [0.2, 0.25) is 5.91 Å². The Bertz CT molecular complexity index is 782. The summed E-state index contributed by atoms with van der Waals surface area (Å²) in [6.45, 7) is 10.0. The summed E-state index contributed by atoms with van der Waals surface area (Å²) in [5, 5.41) is 11.1. The van der Waals surface area contributed by atoms with Gasteiger partial charge < -0.3 is 16.4 Å². The molecule has 4 N–H and O–H groups in total. The van der Waals surface area contributed by atoms with Crippen molar-refractivity contribution >= 4 is 45.8 Å². The number of rotatable bonds is 7. The molecule has 9 heteroatoms. The van der Waals surface area contributed by atoms with Gasteiger partial charge in [-0.2, -0.15) is 5.10 Å². The van der Waals surface area contributed by atoms with Crippen LogP contribution in [0.1, 0.15) is 49.5 Å². The van der Waals surface area contributed by atoms with Crippen LogP contribution in [-0.2, 0) is 11.8 Å². The monoisotopic (exact) mass is 415 g/mol. The van der Waals surface area contributed by atoms with Gasteiger partial charge in [-0.1, -0.05) is 13.8 Å². The lowest BCUT2D eigenvalue weighted by Crippen LogP contribution is -2.57. The summed E-state index contributed by atoms with van der Waals surface area (Å²) in [5.74, 6) is -0.0818. The van der Waals surface area contributed by atoms with Gasteiger partial charge in [0.1, 0.15) is 10.9 Å². The first-order valence-corrected chi connectivity index (χ1v) is 9.64. The predicted octanol–water partition coefficient (Wildman–Crippen LogP) is 2.36. The minimum atomic E-state index is -0.648. The van der Waals surface area contributed by atoms with Crippen LogP contribution in [0, 0.1) is 12.8 Å². The number of thiophene rings is 1. The molecule has 2 atom stereocenters. The second-order valence-electron chi connectivity index (χ2n) is 7.59. The number of fused-ring (bicyclic) bond motifs is 1. The van der Waals surface area contributed by atoms with Crippen molar-refractivity contribution in [2.24, 2.45) is 18.7 Å². The molecule has 0 saturated heterocycles. The Hall–Kier alpha value is -1.64. The van der Waals surface area contributed by atoms with Crippen molar-refractivity contribution in [2.45, 2.75) is 52.6 Å². The highest BCUT2D eigenvalue weighted by Crippen LogP contribution is 2.27. The molecule has 2 rings (SSSR count). The van der Waals surface area contributed by atoms with E-state index in [0.717, 1.165) is 22.3 Å². The highest BCUT2D eigenvalue weighted by molar-refractivity contribution is 7.20. The van der Waals surface area contributed by atoms with E-state index in [2.05, 4.69) is 29.6 Å². The number of amides is 2. The summed E-state index contributed by atoms with van der Waals surface area (Å²) in [6.07, 6.45) is 0.776. The van der Waals surface area contributed by atoms with Crippen LogP contribution < -0.4 is 16.4 Å². The van der Waals surface area contributed by atoms with Crippen molar-refractivity contribution in [3.8, 4) is 0 Å². The summed E-state index contributed by atoms with van der Waals surface area (Å²) in [6, 6.07) is 1.18. The van der Waals surface area contributed by atoms with Crippen molar-refractivity contribution in [1.29, 1.82) is 0 Å². The molecule has 2 amide bonds. The van der Waals surface area contributed by atoms with Crippen molar-refractivity contribution in [3.05, 3.63) is 16.6 Å². The van der Waals surface area contributed by atoms with Gasteiger partial charge in [0.05, 0.1) is 10.6 Å². The number of aryl methyl sites for hydroxylation is 2. The average Bonchev–Trinajstić information content (AvgIpc) is 3.08. The zero-order valence-corrected chi connectivity index (χ0v) is 18.4. The molecule has 2 aromatic heterocycles. The van der Waals surface area contributed by atoms with Crippen LogP contribution in [0.15, 0.2) is 6.07 Å². The van der Waals surface area contributed by atoms with Crippen molar-refractivity contribution in [1.82, 2.24) is 20.4 Å². The van der Waals surface area contributed by atoms with Crippen LogP contribution in [0.5, 0.6) is 0 Å². The molecule has 0 aromatic carbocycles. The molecule has 27 heavy (non-hydrogen) atoms. The Balaban J connectivity index is 0.00000364. The maximum absolute atomic E-state index is 12.5. The minimum absolute atomic E-state index is 0. The molecule has 0 aliphatic rings. The Morgan fingerprint density at radius 1 is 1.37 bits per heavy atom. The fourth-order valence-electron chi connectivity index (χ4n) is 3.14. The Morgan fingerprint density at radius 2 is 2.00 bits per heavy atom. The molecule has 0 radical (unpaired) electrons. The molecule has 7 nitrogen and oxygen atoms in total. The van der Waals surface area contributed by atoms with Crippen LogP contribution >= 0.6 is 23.7 Å². The zero-order valence-electron chi connectivity index (χ0n) is 16.8. The second-order valence-corrected chi connectivity index (χ2v) is 8.62. The zero-order chi connectivity index (χ0) is 19.6. The van der Waals surface area contributed by atoms with Gasteiger partial charge in [0.25, 0.3) is 5.91 Å². The van der Waals surface area contributed by atoms with Gasteiger partial charge in [-0.05, 0) is 39.2 Å². The van der Waals surface area contributed by atoms with Crippen molar-refractivity contribution < 1.29 is 9.59 Å². The number of carbonyl (C=O) groups is 2. The summed E-state index contributed by atoms with van der Waals surface area (Å²) >= 11 is 1.37. The van der Waals surface area contributed by atoms with Crippen LogP contribution in [0.3, 0.4) is 0 Å². The molecule has 0 saturated carbocycles. The number of hydrogen-bond donors (Lipinski definition) is 3. The van der Waals surface area contributed by atoms with Crippen molar-refractivity contribution in [2.75, 3.05) is 6.54 Å². The van der Waals surface area contributed by atoms with E-state index in [1.165, 1.54) is 11.3 Å². The smallest absolute Gasteiger partial charge is 0.262 e. The van der Waals surface area contributed by atoms with E-state index < -0.39 is 11.6 Å². The number of carbonyl (C=O) groups excluding carboxylic acids is 2. The van der Waals surface area contributed by atoms with Crippen molar-refractivity contribution in [3.63, 3.8) is 0 Å². The minimum Gasteiger partial charge on any atom is -0.348 e. The lowest BCUT2D eigenvalue weighted by Gasteiger charge is -2.32. The van der Waals surface area contributed by atoms with Crippen LogP contribution in [-0.4, -0.2) is 39.7 Å². The van der Waals surface area contributed by atoms with E-state index in [4.69, 9.17) is 5.73 Å². The summed E-state index contributed by atoms with van der Waals surface area (Å²) in [4.78, 5) is 26.5. The standard InChI is InChI=1S/C18H29N5O2S.ClH/c1-10(2)8-18(5,9-19)21-15(24)12(4)20-16(25)14-7-13-11(3)22-23(6)17(13)26-14;/h7,10,12H,8-9,19H2,1-6H3,(H,20,25)(H,21,24);1H. The van der Waals surface area contributed by atoms with E-state index in [0.29, 0.717) is 17.3 Å². The van der Waals surface area contributed by atoms with E-state index in [1.54, 1.807) is 11.6 Å². The molecular weight excluding hydrogens is 386 g/mol. The first-order chi connectivity index (χ1) is 12.1. The summed E-state index contributed by atoms with van der Waals surface area (Å²) < 4.78 is 1.76. The topological polar surface area (TPSA) is 102 Å².